The molecule has 0 aliphatic carbocycles. The van der Waals surface area contributed by atoms with Gasteiger partial charge in [0, 0.05) is 39.6 Å². The van der Waals surface area contributed by atoms with Crippen LogP contribution in [0.1, 0.15) is 24.2 Å². The number of benzene rings is 3. The molecule has 0 unspecified atom stereocenters. The Kier molecular flexibility index (Phi) is 7.30. The van der Waals surface area contributed by atoms with Gasteiger partial charge in [-0.1, -0.05) is 18.2 Å². The van der Waals surface area contributed by atoms with Crippen LogP contribution in [-0.4, -0.2) is 42.1 Å². The van der Waals surface area contributed by atoms with Gasteiger partial charge in [0.1, 0.15) is 12.3 Å². The summed E-state index contributed by atoms with van der Waals surface area (Å²) in [5.41, 5.74) is 3.22. The van der Waals surface area contributed by atoms with Gasteiger partial charge in [0.25, 0.3) is 11.8 Å². The predicted octanol–water partition coefficient (Wildman–Crippen LogP) is 4.12. The van der Waals surface area contributed by atoms with E-state index in [0.29, 0.717) is 23.6 Å². The number of carbonyl (C=O) groups excluding carboxylic acids is 3. The zero-order valence-electron chi connectivity index (χ0n) is 19.7. The Labute approximate surface area is 202 Å². The average Bonchev–Trinajstić information content (AvgIpc) is 3.19. The molecule has 0 atom stereocenters. The van der Waals surface area contributed by atoms with Gasteiger partial charge in [0.05, 0.1) is 6.61 Å². The molecular formula is C27H27N3O5. The molecule has 0 bridgehead atoms. The molecule has 8 heteroatoms. The summed E-state index contributed by atoms with van der Waals surface area (Å²) < 4.78 is 12.6. The lowest BCUT2D eigenvalue weighted by atomic mass is 10.1. The maximum absolute atomic E-state index is 12.3. The van der Waals surface area contributed by atoms with Crippen molar-refractivity contribution in [2.75, 3.05) is 25.1 Å². The average molecular weight is 474 g/mol. The number of ether oxygens (including phenoxy) is 2. The number of nitrogens with one attached hydrogen (secondary N) is 2. The van der Waals surface area contributed by atoms with E-state index in [4.69, 9.17) is 9.47 Å². The third-order valence-corrected chi connectivity index (χ3v) is 5.56. The van der Waals surface area contributed by atoms with Crippen LogP contribution in [0, 0.1) is 0 Å². The maximum atomic E-state index is 12.3. The molecule has 0 radical (unpaired) electrons. The number of hydrogen-bond donors (Lipinski definition) is 2. The molecule has 0 fully saturated rings. The minimum Gasteiger partial charge on any atom is -0.494 e. The van der Waals surface area contributed by atoms with Crippen molar-refractivity contribution in [2.24, 2.45) is 0 Å². The van der Waals surface area contributed by atoms with Crippen molar-refractivity contribution in [3.8, 4) is 5.75 Å². The van der Waals surface area contributed by atoms with Crippen LogP contribution in [0.5, 0.6) is 5.75 Å². The SMILES string of the molecule is CCOc1ccc(C(=O)NCC(=O)OCC(=O)Nc2ccc3c(c2)c2ccccc2n3CC)cc1. The molecule has 0 saturated carbocycles. The molecule has 0 aliphatic rings. The number of carbonyl (C=O) groups is 3. The van der Waals surface area contributed by atoms with Crippen LogP contribution < -0.4 is 15.4 Å². The second-order valence-corrected chi connectivity index (χ2v) is 7.84. The van der Waals surface area contributed by atoms with Crippen molar-refractivity contribution >= 4 is 45.3 Å². The van der Waals surface area contributed by atoms with Crippen LogP contribution in [0.15, 0.2) is 66.7 Å². The highest BCUT2D eigenvalue weighted by Gasteiger charge is 2.13. The maximum Gasteiger partial charge on any atom is 0.325 e. The number of rotatable bonds is 9. The molecular weight excluding hydrogens is 446 g/mol. The summed E-state index contributed by atoms with van der Waals surface area (Å²) >= 11 is 0. The number of nitrogens with zero attached hydrogens (tertiary/aromatic N) is 1. The van der Waals surface area contributed by atoms with E-state index >= 15 is 0 Å². The highest BCUT2D eigenvalue weighted by molar-refractivity contribution is 6.10. The van der Waals surface area contributed by atoms with Crippen molar-refractivity contribution in [1.82, 2.24) is 9.88 Å². The van der Waals surface area contributed by atoms with Crippen molar-refractivity contribution in [1.29, 1.82) is 0 Å². The van der Waals surface area contributed by atoms with Gasteiger partial charge in [0.15, 0.2) is 6.61 Å². The molecule has 2 N–H and O–H groups in total. The lowest BCUT2D eigenvalue weighted by Crippen LogP contribution is -2.32. The summed E-state index contributed by atoms with van der Waals surface area (Å²) in [5, 5.41) is 7.39. The van der Waals surface area contributed by atoms with Gasteiger partial charge in [-0.25, -0.2) is 0 Å². The summed E-state index contributed by atoms with van der Waals surface area (Å²) in [7, 11) is 0. The Morgan fingerprint density at radius 1 is 0.886 bits per heavy atom. The largest absolute Gasteiger partial charge is 0.494 e. The van der Waals surface area contributed by atoms with E-state index in [1.54, 1.807) is 24.3 Å². The van der Waals surface area contributed by atoms with E-state index in [9.17, 15) is 14.4 Å². The van der Waals surface area contributed by atoms with Crippen LogP contribution in [0.2, 0.25) is 0 Å². The van der Waals surface area contributed by atoms with Gasteiger partial charge in [-0.15, -0.1) is 0 Å². The summed E-state index contributed by atoms with van der Waals surface area (Å²) in [5.74, 6) is -0.936. The minimum absolute atomic E-state index is 0.345. The number of amides is 2. The van der Waals surface area contributed by atoms with Crippen LogP contribution in [-0.2, 0) is 20.9 Å². The zero-order valence-corrected chi connectivity index (χ0v) is 19.7. The summed E-state index contributed by atoms with van der Waals surface area (Å²) in [4.78, 5) is 36.5. The van der Waals surface area contributed by atoms with Gasteiger partial charge in [-0.2, -0.15) is 0 Å². The summed E-state index contributed by atoms with van der Waals surface area (Å²) in [6.07, 6.45) is 0. The van der Waals surface area contributed by atoms with Crippen molar-refractivity contribution in [3.63, 3.8) is 0 Å². The number of fused-ring (bicyclic) bond motifs is 3. The smallest absolute Gasteiger partial charge is 0.325 e. The normalized spacial score (nSPS) is 10.8. The molecule has 8 nitrogen and oxygen atoms in total. The third-order valence-electron chi connectivity index (χ3n) is 5.56. The van der Waals surface area contributed by atoms with Crippen LogP contribution in [0.3, 0.4) is 0 Å². The highest BCUT2D eigenvalue weighted by Crippen LogP contribution is 2.30. The van der Waals surface area contributed by atoms with E-state index < -0.39 is 24.4 Å². The summed E-state index contributed by atoms with van der Waals surface area (Å²) in [6.45, 7) is 4.53. The first-order chi connectivity index (χ1) is 17.0. The Morgan fingerprint density at radius 3 is 2.37 bits per heavy atom. The highest BCUT2D eigenvalue weighted by atomic mass is 16.5. The molecule has 2 amide bonds. The van der Waals surface area contributed by atoms with Crippen LogP contribution in [0.25, 0.3) is 21.8 Å². The summed E-state index contributed by atoms with van der Waals surface area (Å²) in [6, 6.07) is 20.4. The van der Waals surface area contributed by atoms with Gasteiger partial charge < -0.3 is 24.7 Å². The Bertz CT molecular complexity index is 1380. The van der Waals surface area contributed by atoms with Crippen molar-refractivity contribution < 1.29 is 23.9 Å². The zero-order chi connectivity index (χ0) is 24.8. The first-order valence-electron chi connectivity index (χ1n) is 11.5. The monoisotopic (exact) mass is 473 g/mol. The molecule has 1 heterocycles. The Morgan fingerprint density at radius 2 is 1.63 bits per heavy atom. The second-order valence-electron chi connectivity index (χ2n) is 7.84. The molecule has 4 rings (SSSR count). The van der Waals surface area contributed by atoms with E-state index in [2.05, 4.69) is 34.3 Å². The van der Waals surface area contributed by atoms with Gasteiger partial charge in [-0.3, -0.25) is 14.4 Å². The van der Waals surface area contributed by atoms with Crippen LogP contribution >= 0.6 is 0 Å². The third kappa shape index (κ3) is 5.43. The fourth-order valence-corrected chi connectivity index (χ4v) is 3.99. The van der Waals surface area contributed by atoms with Crippen LogP contribution in [0.4, 0.5) is 5.69 Å². The van der Waals surface area contributed by atoms with Crippen molar-refractivity contribution in [2.45, 2.75) is 20.4 Å². The van der Waals surface area contributed by atoms with E-state index in [1.165, 1.54) is 0 Å². The number of aromatic nitrogens is 1. The molecule has 3 aromatic carbocycles. The fraction of sp³-hybridized carbons (Fsp3) is 0.222. The van der Waals surface area contributed by atoms with Crippen molar-refractivity contribution in [3.05, 3.63) is 72.3 Å². The first kappa shape index (κ1) is 23.8. The predicted molar refractivity (Wildman–Crippen MR) is 135 cm³/mol. The molecule has 0 aliphatic heterocycles. The van der Waals surface area contributed by atoms with E-state index in [1.807, 2.05) is 37.3 Å². The number of para-hydroxylation sites is 1. The Balaban J connectivity index is 1.29. The molecule has 1 aromatic heterocycles. The van der Waals surface area contributed by atoms with Gasteiger partial charge in [-0.05, 0) is 62.4 Å². The molecule has 4 aromatic rings. The first-order valence-corrected chi connectivity index (χ1v) is 11.5. The van der Waals surface area contributed by atoms with Gasteiger partial charge in [0.2, 0.25) is 0 Å². The van der Waals surface area contributed by atoms with Gasteiger partial charge >= 0.3 is 5.97 Å². The number of aryl methyl sites for hydroxylation is 1. The quantitative estimate of drug-likeness (QED) is 0.356. The lowest BCUT2D eigenvalue weighted by Gasteiger charge is -2.09. The number of anilines is 1. The Hall–Kier alpha value is -4.33. The standard InChI is InChI=1S/C27H27N3O5/c1-3-30-23-8-6-5-7-21(23)22-15-19(11-14-24(22)30)29-25(31)17-35-26(32)16-28-27(33)18-9-12-20(13-10-18)34-4-2/h5-15H,3-4,16-17H2,1-2H3,(H,28,33)(H,29,31). The van der Waals surface area contributed by atoms with E-state index in [0.717, 1.165) is 28.4 Å². The second kappa shape index (κ2) is 10.7. The number of hydrogen-bond acceptors (Lipinski definition) is 5. The lowest BCUT2D eigenvalue weighted by molar-refractivity contribution is -0.146. The molecule has 35 heavy (non-hydrogen) atoms. The molecule has 0 saturated heterocycles. The van der Waals surface area contributed by atoms with E-state index in [-0.39, 0.29) is 6.54 Å². The number of esters is 1. The topological polar surface area (TPSA) is 98.7 Å². The minimum atomic E-state index is -0.707. The molecule has 180 valence electrons. The fourth-order valence-electron chi connectivity index (χ4n) is 3.99. The molecule has 0 spiro atoms.